The van der Waals surface area contributed by atoms with Crippen molar-refractivity contribution in [2.45, 2.75) is 0 Å². The Morgan fingerprint density at radius 2 is 1.24 bits per heavy atom. The summed E-state index contributed by atoms with van der Waals surface area (Å²) in [5.41, 5.74) is 8.14. The Labute approximate surface area is 261 Å². The van der Waals surface area contributed by atoms with Gasteiger partial charge in [-0.15, -0.1) is 11.3 Å². The molecule has 0 N–H and O–H groups in total. The third-order valence-corrected chi connectivity index (χ3v) is 9.91. The van der Waals surface area contributed by atoms with Gasteiger partial charge in [-0.2, -0.15) is 0 Å². The average Bonchev–Trinajstić information content (AvgIpc) is 3.77. The van der Waals surface area contributed by atoms with Gasteiger partial charge in [0.25, 0.3) is 0 Å². The number of para-hydroxylation sites is 3. The van der Waals surface area contributed by atoms with Gasteiger partial charge < -0.3 is 8.98 Å². The molecular weight excluding hydrogens is 571 g/mol. The summed E-state index contributed by atoms with van der Waals surface area (Å²) in [5, 5.41) is 6.93. The second-order valence-corrected chi connectivity index (χ2v) is 12.4. The van der Waals surface area contributed by atoms with E-state index in [-0.39, 0.29) is 0 Å². The quantitative estimate of drug-likeness (QED) is 0.205. The maximum Gasteiger partial charge on any atom is 0.161 e. The molecule has 0 amide bonds. The molecule has 0 aliphatic rings. The molecule has 0 aliphatic carbocycles. The predicted molar refractivity (Wildman–Crippen MR) is 187 cm³/mol. The van der Waals surface area contributed by atoms with Crippen LogP contribution in [0.4, 0.5) is 0 Å². The Balaban J connectivity index is 1.35. The fourth-order valence-corrected chi connectivity index (χ4v) is 8.01. The Morgan fingerprint density at radius 1 is 0.511 bits per heavy atom. The second kappa shape index (κ2) is 9.36. The molecule has 0 fully saturated rings. The highest BCUT2D eigenvalue weighted by Gasteiger charge is 2.23. The van der Waals surface area contributed by atoms with Gasteiger partial charge in [0.15, 0.2) is 5.82 Å². The molecule has 0 unspecified atom stereocenters. The molecule has 5 heteroatoms. The number of furan rings is 1. The van der Waals surface area contributed by atoms with Crippen molar-refractivity contribution in [2.24, 2.45) is 0 Å². The number of hydrogen-bond donors (Lipinski definition) is 0. The van der Waals surface area contributed by atoms with Crippen LogP contribution in [-0.2, 0) is 0 Å². The van der Waals surface area contributed by atoms with Gasteiger partial charge in [-0.1, -0.05) is 103 Å². The highest BCUT2D eigenvalue weighted by molar-refractivity contribution is 7.25. The minimum Gasteiger partial charge on any atom is -0.456 e. The van der Waals surface area contributed by atoms with E-state index in [4.69, 9.17) is 14.4 Å². The summed E-state index contributed by atoms with van der Waals surface area (Å²) in [4.78, 5) is 11.4. The van der Waals surface area contributed by atoms with E-state index in [1.165, 1.54) is 20.9 Å². The van der Waals surface area contributed by atoms with E-state index < -0.39 is 0 Å². The SMILES string of the molecule is c1ccc(-c2nc(-c3ccccc3-n3c4ccccc4c4c5c(ccc43)oc3ccccc35)c3c(n2)sc2ccccc23)cc1. The first-order valence-corrected chi connectivity index (χ1v) is 15.8. The fraction of sp³-hybridized carbons (Fsp3) is 0. The molecule has 0 bridgehead atoms. The highest BCUT2D eigenvalue weighted by Crippen LogP contribution is 2.45. The molecule has 0 saturated heterocycles. The van der Waals surface area contributed by atoms with E-state index in [2.05, 4.69) is 114 Å². The highest BCUT2D eigenvalue weighted by atomic mass is 32.1. The number of thiophene rings is 1. The van der Waals surface area contributed by atoms with Gasteiger partial charge in [-0.3, -0.25) is 0 Å². The van der Waals surface area contributed by atoms with Gasteiger partial charge >= 0.3 is 0 Å². The minimum absolute atomic E-state index is 0.730. The molecule has 4 nitrogen and oxygen atoms in total. The van der Waals surface area contributed by atoms with Crippen LogP contribution in [0.15, 0.2) is 144 Å². The van der Waals surface area contributed by atoms with Crippen LogP contribution in [0.3, 0.4) is 0 Å². The lowest BCUT2D eigenvalue weighted by molar-refractivity contribution is 0.669. The molecular formula is C40H23N3OS. The van der Waals surface area contributed by atoms with Crippen LogP contribution < -0.4 is 0 Å². The lowest BCUT2D eigenvalue weighted by Gasteiger charge is -2.15. The van der Waals surface area contributed by atoms with Crippen molar-refractivity contribution in [3.05, 3.63) is 140 Å². The van der Waals surface area contributed by atoms with E-state index in [0.29, 0.717) is 0 Å². The van der Waals surface area contributed by atoms with Crippen LogP contribution in [-0.4, -0.2) is 14.5 Å². The topological polar surface area (TPSA) is 43.9 Å². The molecule has 0 atom stereocenters. The lowest BCUT2D eigenvalue weighted by atomic mass is 10.0. The molecule has 0 radical (unpaired) electrons. The first-order valence-electron chi connectivity index (χ1n) is 15.0. The number of rotatable bonds is 3. The molecule has 0 aliphatic heterocycles. The third-order valence-electron chi connectivity index (χ3n) is 8.85. The Bertz CT molecular complexity index is 2770. The molecule has 0 spiro atoms. The van der Waals surface area contributed by atoms with Gasteiger partial charge in [-0.25, -0.2) is 9.97 Å². The third kappa shape index (κ3) is 3.53. The summed E-state index contributed by atoms with van der Waals surface area (Å²) in [5.74, 6) is 0.730. The first-order chi connectivity index (χ1) is 22.3. The van der Waals surface area contributed by atoms with Crippen LogP contribution >= 0.6 is 11.3 Å². The van der Waals surface area contributed by atoms with Crippen LogP contribution in [0.5, 0.6) is 0 Å². The smallest absolute Gasteiger partial charge is 0.161 e. The van der Waals surface area contributed by atoms with E-state index in [9.17, 15) is 0 Å². The van der Waals surface area contributed by atoms with E-state index in [1.54, 1.807) is 11.3 Å². The summed E-state index contributed by atoms with van der Waals surface area (Å²) < 4.78 is 9.93. The van der Waals surface area contributed by atoms with Crippen LogP contribution in [0.2, 0.25) is 0 Å². The van der Waals surface area contributed by atoms with Crippen molar-refractivity contribution >= 4 is 75.4 Å². The van der Waals surface area contributed by atoms with Crippen LogP contribution in [0, 0.1) is 0 Å². The standard InChI is InChI=1S/C40H23N3OS/c1-2-12-24(13-3-1)39-41-38(37-28-17-7-11-21-34(28)45-40(37)42-39)26-15-5-9-19-30(26)43-29-18-8-4-14-25(29)35-31(43)22-23-33-36(35)27-16-6-10-20-32(27)44-33/h1-23H. The summed E-state index contributed by atoms with van der Waals surface area (Å²) in [7, 11) is 0. The largest absolute Gasteiger partial charge is 0.456 e. The maximum atomic E-state index is 6.33. The van der Waals surface area contributed by atoms with Gasteiger partial charge in [0.05, 0.1) is 22.4 Å². The molecule has 6 aromatic carbocycles. The molecule has 10 rings (SSSR count). The first kappa shape index (κ1) is 24.6. The number of hydrogen-bond acceptors (Lipinski definition) is 4. The Hall–Kier alpha value is -5.78. The van der Waals surface area contributed by atoms with E-state index in [0.717, 1.165) is 71.5 Å². The van der Waals surface area contributed by atoms with E-state index >= 15 is 0 Å². The number of benzene rings is 6. The Morgan fingerprint density at radius 3 is 2.16 bits per heavy atom. The van der Waals surface area contributed by atoms with Crippen molar-refractivity contribution in [2.75, 3.05) is 0 Å². The van der Waals surface area contributed by atoms with Crippen molar-refractivity contribution in [3.63, 3.8) is 0 Å². The zero-order chi connectivity index (χ0) is 29.5. The van der Waals surface area contributed by atoms with Crippen molar-refractivity contribution in [3.8, 4) is 28.3 Å². The molecule has 0 saturated carbocycles. The number of nitrogens with zero attached hydrogens (tertiary/aromatic N) is 3. The van der Waals surface area contributed by atoms with Crippen molar-refractivity contribution in [1.82, 2.24) is 14.5 Å². The number of fused-ring (bicyclic) bond motifs is 10. The summed E-state index contributed by atoms with van der Waals surface area (Å²) in [6.07, 6.45) is 0. The molecule has 4 aromatic heterocycles. The van der Waals surface area contributed by atoms with Gasteiger partial charge in [0.1, 0.15) is 16.0 Å². The maximum absolute atomic E-state index is 6.33. The van der Waals surface area contributed by atoms with Crippen LogP contribution in [0.1, 0.15) is 0 Å². The van der Waals surface area contributed by atoms with Gasteiger partial charge in [-0.05, 0) is 36.4 Å². The average molecular weight is 594 g/mol. The summed E-state index contributed by atoms with van der Waals surface area (Å²) in [6.45, 7) is 0. The summed E-state index contributed by atoms with van der Waals surface area (Å²) >= 11 is 1.72. The van der Waals surface area contributed by atoms with Gasteiger partial charge in [0, 0.05) is 48.1 Å². The van der Waals surface area contributed by atoms with Crippen LogP contribution in [0.25, 0.3) is 92.4 Å². The van der Waals surface area contributed by atoms with Crippen molar-refractivity contribution < 1.29 is 4.42 Å². The van der Waals surface area contributed by atoms with E-state index in [1.807, 2.05) is 30.3 Å². The minimum atomic E-state index is 0.730. The molecule has 210 valence electrons. The zero-order valence-corrected chi connectivity index (χ0v) is 24.8. The lowest BCUT2D eigenvalue weighted by Crippen LogP contribution is -2.00. The fourth-order valence-electron chi connectivity index (χ4n) is 6.94. The number of aromatic nitrogens is 3. The molecule has 45 heavy (non-hydrogen) atoms. The molecule has 10 aromatic rings. The monoisotopic (exact) mass is 593 g/mol. The normalized spacial score (nSPS) is 12.0. The Kier molecular flexibility index (Phi) is 5.12. The van der Waals surface area contributed by atoms with Gasteiger partial charge in [0.2, 0.25) is 0 Å². The molecule has 4 heterocycles. The second-order valence-electron chi connectivity index (χ2n) is 11.3. The summed E-state index contributed by atoms with van der Waals surface area (Å²) in [6, 6.07) is 48.8. The predicted octanol–water partition coefficient (Wildman–Crippen LogP) is 11.2. The zero-order valence-electron chi connectivity index (χ0n) is 23.9. The van der Waals surface area contributed by atoms with Crippen molar-refractivity contribution in [1.29, 1.82) is 0 Å².